The second kappa shape index (κ2) is 10.4. The van der Waals surface area contributed by atoms with Gasteiger partial charge in [0.1, 0.15) is 0 Å². The number of carbonyl (C=O) groups excluding carboxylic acids is 1. The van der Waals surface area contributed by atoms with Gasteiger partial charge in [0.15, 0.2) is 5.69 Å². The standard InChI is InChI=1S/C26H34F3N5O3/c1-25(2,3)19-6-9-32(10-7-19)22-16-20(26(27,28)29)5-4-18(22)17-31-12-14-33(15-13-31)24(37)34-11-8-21(30-34)23(35)36/h4-5,8,11,16,19H,6-7,9-10,12-15,17H2,1-3H3,(H,35,36). The quantitative estimate of drug-likeness (QED) is 0.631. The Labute approximate surface area is 214 Å². The van der Waals surface area contributed by atoms with Crippen molar-refractivity contribution < 1.29 is 27.9 Å². The number of alkyl halides is 3. The van der Waals surface area contributed by atoms with Crippen LogP contribution in [0.5, 0.6) is 0 Å². The third-order valence-corrected chi connectivity index (χ3v) is 7.51. The Hall–Kier alpha value is -3.08. The number of carbonyl (C=O) groups is 2. The van der Waals surface area contributed by atoms with Crippen LogP contribution in [0.25, 0.3) is 0 Å². The number of piperidine rings is 1. The lowest BCUT2D eigenvalue weighted by Gasteiger charge is -2.41. The average Bonchev–Trinajstić information content (AvgIpc) is 3.34. The lowest BCUT2D eigenvalue weighted by Crippen LogP contribution is -2.49. The molecule has 0 spiro atoms. The molecule has 1 N–H and O–H groups in total. The van der Waals surface area contributed by atoms with Gasteiger partial charge in [0, 0.05) is 57.7 Å². The summed E-state index contributed by atoms with van der Waals surface area (Å²) in [6.45, 7) is 10.5. The predicted octanol–water partition coefficient (Wildman–Crippen LogP) is 4.65. The number of nitrogens with zero attached hydrogens (tertiary/aromatic N) is 5. The molecule has 0 atom stereocenters. The number of halogens is 3. The van der Waals surface area contributed by atoms with Gasteiger partial charge in [0.05, 0.1) is 5.56 Å². The maximum atomic E-state index is 13.5. The number of aromatic nitrogens is 2. The fourth-order valence-corrected chi connectivity index (χ4v) is 5.18. The van der Waals surface area contributed by atoms with Gasteiger partial charge in [-0.1, -0.05) is 26.8 Å². The zero-order valence-corrected chi connectivity index (χ0v) is 21.5. The van der Waals surface area contributed by atoms with Crippen molar-refractivity contribution in [3.05, 3.63) is 47.3 Å². The lowest BCUT2D eigenvalue weighted by molar-refractivity contribution is -0.137. The van der Waals surface area contributed by atoms with Crippen molar-refractivity contribution in [2.75, 3.05) is 44.2 Å². The maximum absolute atomic E-state index is 13.5. The van der Waals surface area contributed by atoms with Gasteiger partial charge in [-0.2, -0.15) is 23.0 Å². The van der Waals surface area contributed by atoms with Gasteiger partial charge in [0.2, 0.25) is 0 Å². The van der Waals surface area contributed by atoms with Crippen molar-refractivity contribution in [1.29, 1.82) is 0 Å². The minimum atomic E-state index is -4.41. The number of aromatic carboxylic acids is 1. The predicted molar refractivity (Wildman–Crippen MR) is 133 cm³/mol. The molecule has 11 heteroatoms. The van der Waals surface area contributed by atoms with Crippen molar-refractivity contribution in [3.63, 3.8) is 0 Å². The second-order valence-electron chi connectivity index (χ2n) is 11.0. The molecular formula is C26H34F3N5O3. The van der Waals surface area contributed by atoms with Crippen LogP contribution in [0.4, 0.5) is 23.7 Å². The molecular weight excluding hydrogens is 487 g/mol. The van der Waals surface area contributed by atoms with Crippen LogP contribution in [-0.4, -0.2) is 76.0 Å². The highest BCUT2D eigenvalue weighted by molar-refractivity contribution is 5.86. The van der Waals surface area contributed by atoms with Gasteiger partial charge in [-0.05, 0) is 47.9 Å². The van der Waals surface area contributed by atoms with Crippen molar-refractivity contribution in [2.45, 2.75) is 46.3 Å². The van der Waals surface area contributed by atoms with E-state index in [4.69, 9.17) is 5.11 Å². The fraction of sp³-hybridized carbons (Fsp3) is 0.577. The molecule has 0 aliphatic carbocycles. The SMILES string of the molecule is CC(C)(C)C1CCN(c2cc(C(F)(F)F)ccc2CN2CCN(C(=O)n3ccc(C(=O)O)n3)CC2)CC1. The summed E-state index contributed by atoms with van der Waals surface area (Å²) in [4.78, 5) is 29.5. The topological polar surface area (TPSA) is 81.9 Å². The van der Waals surface area contributed by atoms with E-state index in [1.54, 1.807) is 11.0 Å². The van der Waals surface area contributed by atoms with Gasteiger partial charge in [-0.3, -0.25) is 4.90 Å². The monoisotopic (exact) mass is 521 g/mol. The molecule has 1 amide bonds. The minimum absolute atomic E-state index is 0.172. The summed E-state index contributed by atoms with van der Waals surface area (Å²) in [5, 5.41) is 12.8. The van der Waals surface area contributed by atoms with Crippen molar-refractivity contribution >= 4 is 17.7 Å². The molecule has 0 bridgehead atoms. The molecule has 1 aromatic carbocycles. The summed E-state index contributed by atoms with van der Waals surface area (Å²) in [7, 11) is 0. The summed E-state index contributed by atoms with van der Waals surface area (Å²) in [6, 6.07) is 4.89. The van der Waals surface area contributed by atoms with Gasteiger partial charge in [-0.25, -0.2) is 9.59 Å². The Morgan fingerprint density at radius 1 is 1.00 bits per heavy atom. The minimum Gasteiger partial charge on any atom is -0.476 e. The number of rotatable bonds is 4. The van der Waals surface area contributed by atoms with E-state index >= 15 is 0 Å². The van der Waals surface area contributed by atoms with Crippen molar-refractivity contribution in [3.8, 4) is 0 Å². The van der Waals surface area contributed by atoms with Crippen LogP contribution in [0.2, 0.25) is 0 Å². The molecule has 2 aromatic rings. The van der Waals surface area contributed by atoms with E-state index in [-0.39, 0.29) is 11.1 Å². The molecule has 2 aliphatic heterocycles. The first-order chi connectivity index (χ1) is 17.3. The number of carboxylic acids is 1. The number of hydrogen-bond acceptors (Lipinski definition) is 5. The van der Waals surface area contributed by atoms with Crippen LogP contribution < -0.4 is 4.90 Å². The second-order valence-corrected chi connectivity index (χ2v) is 11.0. The third-order valence-electron chi connectivity index (χ3n) is 7.51. The Bertz CT molecular complexity index is 1130. The maximum Gasteiger partial charge on any atom is 0.416 e. The highest BCUT2D eigenvalue weighted by atomic mass is 19.4. The van der Waals surface area contributed by atoms with E-state index in [0.29, 0.717) is 44.3 Å². The zero-order valence-electron chi connectivity index (χ0n) is 21.5. The van der Waals surface area contributed by atoms with E-state index in [1.165, 1.54) is 18.3 Å². The van der Waals surface area contributed by atoms with Crippen molar-refractivity contribution in [1.82, 2.24) is 19.6 Å². The Balaban J connectivity index is 1.44. The summed E-state index contributed by atoms with van der Waals surface area (Å²) in [5.41, 5.74) is 0.817. The zero-order chi connectivity index (χ0) is 27.0. The molecule has 3 heterocycles. The third kappa shape index (κ3) is 6.26. The molecule has 4 rings (SSSR count). The molecule has 2 fully saturated rings. The van der Waals surface area contributed by atoms with E-state index in [0.717, 1.165) is 42.2 Å². The van der Waals surface area contributed by atoms with E-state index in [1.807, 2.05) is 0 Å². The highest BCUT2D eigenvalue weighted by Crippen LogP contribution is 2.38. The van der Waals surface area contributed by atoms with Crippen LogP contribution in [0.15, 0.2) is 30.5 Å². The summed E-state index contributed by atoms with van der Waals surface area (Å²) >= 11 is 0. The summed E-state index contributed by atoms with van der Waals surface area (Å²) in [5.74, 6) is -0.670. The molecule has 2 saturated heterocycles. The molecule has 0 unspecified atom stereocenters. The molecule has 2 aliphatic rings. The van der Waals surface area contributed by atoms with Crippen LogP contribution in [0.1, 0.15) is 55.2 Å². The molecule has 202 valence electrons. The summed E-state index contributed by atoms with van der Waals surface area (Å²) < 4.78 is 41.6. The lowest BCUT2D eigenvalue weighted by atomic mass is 9.75. The van der Waals surface area contributed by atoms with Crippen LogP contribution in [0, 0.1) is 11.3 Å². The Morgan fingerprint density at radius 2 is 1.65 bits per heavy atom. The number of amides is 1. The highest BCUT2D eigenvalue weighted by Gasteiger charge is 2.34. The fourth-order valence-electron chi connectivity index (χ4n) is 5.18. The smallest absolute Gasteiger partial charge is 0.416 e. The van der Waals surface area contributed by atoms with Gasteiger partial charge in [0.25, 0.3) is 0 Å². The Kier molecular flexibility index (Phi) is 7.55. The number of piperazine rings is 1. The Morgan fingerprint density at radius 3 is 2.19 bits per heavy atom. The normalized spacial score (nSPS) is 18.3. The molecule has 0 radical (unpaired) electrons. The van der Waals surface area contributed by atoms with Crippen LogP contribution in [0.3, 0.4) is 0 Å². The number of carboxylic acid groups (broad SMARTS) is 1. The van der Waals surface area contributed by atoms with E-state index < -0.39 is 23.7 Å². The van der Waals surface area contributed by atoms with E-state index in [2.05, 4.69) is 35.7 Å². The van der Waals surface area contributed by atoms with Gasteiger partial charge < -0.3 is 14.9 Å². The average molecular weight is 522 g/mol. The van der Waals surface area contributed by atoms with Gasteiger partial charge in [-0.15, -0.1) is 0 Å². The molecule has 0 saturated carbocycles. The van der Waals surface area contributed by atoms with Crippen LogP contribution in [-0.2, 0) is 12.7 Å². The number of hydrogen-bond donors (Lipinski definition) is 1. The van der Waals surface area contributed by atoms with Crippen molar-refractivity contribution in [2.24, 2.45) is 11.3 Å². The molecule has 8 nitrogen and oxygen atoms in total. The first-order valence-electron chi connectivity index (χ1n) is 12.6. The number of anilines is 1. The molecule has 1 aromatic heterocycles. The first-order valence-corrected chi connectivity index (χ1v) is 12.6. The summed E-state index contributed by atoms with van der Waals surface area (Å²) in [6.07, 6.45) is -1.19. The largest absolute Gasteiger partial charge is 0.476 e. The number of benzene rings is 1. The molecule has 37 heavy (non-hydrogen) atoms. The van der Waals surface area contributed by atoms with E-state index in [9.17, 15) is 22.8 Å². The van der Waals surface area contributed by atoms with Gasteiger partial charge >= 0.3 is 18.2 Å². The van der Waals surface area contributed by atoms with Crippen LogP contribution >= 0.6 is 0 Å². The first kappa shape index (κ1) is 27.0.